The van der Waals surface area contributed by atoms with Crippen LogP contribution >= 0.6 is 11.6 Å². The van der Waals surface area contributed by atoms with Crippen molar-refractivity contribution in [2.45, 2.75) is 11.8 Å². The predicted octanol–water partition coefficient (Wildman–Crippen LogP) is 2.12. The third-order valence-electron chi connectivity index (χ3n) is 2.28. The average molecular weight is 330 g/mol. The minimum Gasteiger partial charge on any atom is -0.464 e. The van der Waals surface area contributed by atoms with Gasteiger partial charge in [-0.25, -0.2) is 8.42 Å². The number of sulfone groups is 1. The van der Waals surface area contributed by atoms with Gasteiger partial charge in [0.25, 0.3) is 0 Å². The maximum absolute atomic E-state index is 11.5. The van der Waals surface area contributed by atoms with Crippen LogP contribution in [-0.2, 0) is 9.84 Å². The zero-order valence-corrected chi connectivity index (χ0v) is 12.8. The van der Waals surface area contributed by atoms with E-state index in [4.69, 9.17) is 21.1 Å². The Morgan fingerprint density at radius 3 is 2.57 bits per heavy atom. The summed E-state index contributed by atoms with van der Waals surface area (Å²) in [5.74, 6) is 0.266. The lowest BCUT2D eigenvalue weighted by Crippen LogP contribution is -2.02. The minimum absolute atomic E-state index is 0.0340. The molecule has 0 atom stereocenters. The van der Waals surface area contributed by atoms with Crippen LogP contribution in [0.25, 0.3) is 0 Å². The maximum Gasteiger partial charge on any atom is 0.329 e. The molecule has 1 aromatic carbocycles. The lowest BCUT2D eigenvalue weighted by molar-refractivity contribution is 0.303. The third-order valence-corrected chi connectivity index (χ3v) is 3.56. The fraction of sp³-hybridized carbons (Fsp3) is 0.250. The van der Waals surface area contributed by atoms with Crippen molar-refractivity contribution in [2.75, 3.05) is 12.9 Å². The van der Waals surface area contributed by atoms with Gasteiger partial charge in [-0.2, -0.15) is 9.97 Å². The molecular weight excluding hydrogens is 318 g/mol. The van der Waals surface area contributed by atoms with E-state index in [2.05, 4.69) is 15.0 Å². The number of ether oxygens (including phenoxy) is 2. The van der Waals surface area contributed by atoms with Gasteiger partial charge in [0.05, 0.1) is 11.5 Å². The first-order chi connectivity index (χ1) is 9.88. The lowest BCUT2D eigenvalue weighted by Gasteiger charge is -2.07. The Labute approximate surface area is 126 Å². The Morgan fingerprint density at radius 2 is 1.90 bits per heavy atom. The Bertz CT molecular complexity index is 752. The summed E-state index contributed by atoms with van der Waals surface area (Å²) in [5, 5.41) is -0.0808. The first-order valence-electron chi connectivity index (χ1n) is 5.91. The first kappa shape index (κ1) is 15.5. The van der Waals surface area contributed by atoms with Gasteiger partial charge in [-0.1, -0.05) is 6.07 Å². The van der Waals surface area contributed by atoms with E-state index < -0.39 is 9.84 Å². The van der Waals surface area contributed by atoms with Crippen LogP contribution in [0.15, 0.2) is 29.2 Å². The summed E-state index contributed by atoms with van der Waals surface area (Å²) in [6.07, 6.45) is 1.11. The van der Waals surface area contributed by atoms with Crippen LogP contribution in [0.3, 0.4) is 0 Å². The topological polar surface area (TPSA) is 91.3 Å². The molecule has 0 fully saturated rings. The molecule has 1 aromatic heterocycles. The maximum atomic E-state index is 11.5. The first-order valence-corrected chi connectivity index (χ1v) is 8.18. The van der Waals surface area contributed by atoms with Crippen molar-refractivity contribution in [3.8, 4) is 17.8 Å². The molecule has 2 rings (SSSR count). The number of nitrogens with zero attached hydrogens (tertiary/aromatic N) is 3. The zero-order valence-electron chi connectivity index (χ0n) is 11.3. The van der Waals surface area contributed by atoms with Crippen LogP contribution in [0, 0.1) is 0 Å². The molecule has 21 heavy (non-hydrogen) atoms. The van der Waals surface area contributed by atoms with Gasteiger partial charge in [-0.05, 0) is 36.7 Å². The normalized spacial score (nSPS) is 11.2. The third kappa shape index (κ3) is 4.27. The summed E-state index contributed by atoms with van der Waals surface area (Å²) in [6.45, 7) is 2.14. The van der Waals surface area contributed by atoms with Crippen molar-refractivity contribution in [2.24, 2.45) is 0 Å². The van der Waals surface area contributed by atoms with Crippen molar-refractivity contribution in [3.63, 3.8) is 0 Å². The number of halogens is 1. The summed E-state index contributed by atoms with van der Waals surface area (Å²) in [6, 6.07) is 5.92. The second kappa shape index (κ2) is 6.23. The summed E-state index contributed by atoms with van der Waals surface area (Å²) in [4.78, 5) is 11.6. The molecule has 0 amide bonds. The highest BCUT2D eigenvalue weighted by atomic mass is 35.5. The summed E-state index contributed by atoms with van der Waals surface area (Å²) >= 11 is 5.74. The van der Waals surface area contributed by atoms with E-state index in [9.17, 15) is 8.42 Å². The van der Waals surface area contributed by atoms with Gasteiger partial charge in [-0.3, -0.25) is 0 Å². The van der Waals surface area contributed by atoms with Crippen LogP contribution in [0.2, 0.25) is 5.28 Å². The Balaban J connectivity index is 2.30. The molecule has 0 aliphatic carbocycles. The summed E-state index contributed by atoms with van der Waals surface area (Å²) < 4.78 is 33.5. The van der Waals surface area contributed by atoms with Crippen molar-refractivity contribution < 1.29 is 17.9 Å². The fourth-order valence-corrected chi connectivity index (χ4v) is 2.23. The molecule has 0 radical (unpaired) electrons. The Morgan fingerprint density at radius 1 is 1.19 bits per heavy atom. The quantitative estimate of drug-likeness (QED) is 0.829. The molecule has 0 unspecified atom stereocenters. The van der Waals surface area contributed by atoms with E-state index >= 15 is 0 Å². The Kier molecular flexibility index (Phi) is 4.59. The van der Waals surface area contributed by atoms with Gasteiger partial charge in [0, 0.05) is 6.26 Å². The molecule has 1 heterocycles. The lowest BCUT2D eigenvalue weighted by atomic mass is 10.3. The molecule has 0 saturated heterocycles. The van der Waals surface area contributed by atoms with Gasteiger partial charge >= 0.3 is 12.0 Å². The molecule has 0 saturated carbocycles. The van der Waals surface area contributed by atoms with E-state index in [1.165, 1.54) is 12.1 Å². The van der Waals surface area contributed by atoms with E-state index in [0.717, 1.165) is 6.26 Å². The Hall–Kier alpha value is -1.93. The second-order valence-electron chi connectivity index (χ2n) is 3.95. The van der Waals surface area contributed by atoms with Crippen LogP contribution in [-0.4, -0.2) is 36.2 Å². The largest absolute Gasteiger partial charge is 0.464 e. The van der Waals surface area contributed by atoms with Gasteiger partial charge < -0.3 is 9.47 Å². The van der Waals surface area contributed by atoms with Crippen molar-refractivity contribution in [1.29, 1.82) is 0 Å². The van der Waals surface area contributed by atoms with E-state index in [1.54, 1.807) is 19.1 Å². The SMILES string of the molecule is CCOc1nc(Cl)nc(Oc2cccc(S(C)(=O)=O)c2)n1. The smallest absolute Gasteiger partial charge is 0.329 e. The molecule has 7 nitrogen and oxygen atoms in total. The number of rotatable bonds is 5. The predicted molar refractivity (Wildman–Crippen MR) is 75.6 cm³/mol. The highest BCUT2D eigenvalue weighted by molar-refractivity contribution is 7.90. The molecule has 0 N–H and O–H groups in total. The molecule has 0 aliphatic rings. The zero-order chi connectivity index (χ0) is 15.5. The van der Waals surface area contributed by atoms with Gasteiger partial charge in [0.2, 0.25) is 5.28 Å². The molecule has 112 valence electrons. The molecule has 0 bridgehead atoms. The highest BCUT2D eigenvalue weighted by Gasteiger charge is 2.11. The molecule has 0 aliphatic heterocycles. The summed E-state index contributed by atoms with van der Waals surface area (Å²) in [7, 11) is -3.33. The van der Waals surface area contributed by atoms with Crippen LogP contribution in [0.1, 0.15) is 6.92 Å². The second-order valence-corrected chi connectivity index (χ2v) is 6.31. The molecule has 0 spiro atoms. The van der Waals surface area contributed by atoms with E-state index in [1.807, 2.05) is 0 Å². The van der Waals surface area contributed by atoms with E-state index in [-0.39, 0.29) is 27.9 Å². The monoisotopic (exact) mass is 329 g/mol. The average Bonchev–Trinajstić information content (AvgIpc) is 2.37. The van der Waals surface area contributed by atoms with E-state index in [0.29, 0.717) is 6.61 Å². The fourth-order valence-electron chi connectivity index (χ4n) is 1.43. The number of aromatic nitrogens is 3. The van der Waals surface area contributed by atoms with Gasteiger partial charge in [0.1, 0.15) is 5.75 Å². The molecule has 9 heteroatoms. The minimum atomic E-state index is -3.33. The number of hydrogen-bond acceptors (Lipinski definition) is 7. The highest BCUT2D eigenvalue weighted by Crippen LogP contribution is 2.23. The molecular formula is C12H12ClN3O4S. The molecule has 2 aromatic rings. The van der Waals surface area contributed by atoms with Crippen molar-refractivity contribution in [3.05, 3.63) is 29.5 Å². The van der Waals surface area contributed by atoms with Crippen LogP contribution in [0.4, 0.5) is 0 Å². The number of hydrogen-bond donors (Lipinski definition) is 0. The van der Waals surface area contributed by atoms with Crippen LogP contribution in [0.5, 0.6) is 17.8 Å². The van der Waals surface area contributed by atoms with Crippen molar-refractivity contribution in [1.82, 2.24) is 15.0 Å². The standard InChI is InChI=1S/C12H12ClN3O4S/c1-3-19-11-14-10(13)15-12(16-11)20-8-5-4-6-9(7-8)21(2,17)18/h4-7H,3H2,1-2H3. The van der Waals surface area contributed by atoms with Gasteiger partial charge in [-0.15, -0.1) is 4.98 Å². The van der Waals surface area contributed by atoms with Crippen molar-refractivity contribution >= 4 is 21.4 Å². The number of benzene rings is 1. The van der Waals surface area contributed by atoms with Gasteiger partial charge in [0.15, 0.2) is 9.84 Å². The van der Waals surface area contributed by atoms with Crippen LogP contribution < -0.4 is 9.47 Å². The summed E-state index contributed by atoms with van der Waals surface area (Å²) in [5.41, 5.74) is 0.